The minimum Gasteiger partial charge on any atom is -0.357 e. The SMILES string of the molecule is CCNC(=NCCS(=O)C(C)(C)C)NC1CCC(SC)C1. The molecule has 0 aromatic heterocycles. The Kier molecular flexibility index (Phi) is 8.09. The number of nitrogens with zero attached hydrogens (tertiary/aromatic N) is 1. The monoisotopic (exact) mass is 333 g/mol. The van der Waals surface area contributed by atoms with Crippen LogP contribution in [0.1, 0.15) is 47.0 Å². The molecule has 0 radical (unpaired) electrons. The summed E-state index contributed by atoms with van der Waals surface area (Å²) in [5.41, 5.74) is 0. The van der Waals surface area contributed by atoms with E-state index in [1.807, 2.05) is 32.5 Å². The van der Waals surface area contributed by atoms with Crippen molar-refractivity contribution < 1.29 is 4.21 Å². The molecule has 1 fully saturated rings. The second-order valence-corrected chi connectivity index (χ2v) is 9.90. The van der Waals surface area contributed by atoms with Crippen molar-refractivity contribution in [3.8, 4) is 0 Å². The number of guanidine groups is 1. The Bertz CT molecular complexity index is 366. The van der Waals surface area contributed by atoms with E-state index in [2.05, 4.69) is 28.8 Å². The third kappa shape index (κ3) is 7.04. The van der Waals surface area contributed by atoms with Crippen LogP contribution in [0.2, 0.25) is 0 Å². The highest BCUT2D eigenvalue weighted by molar-refractivity contribution is 7.99. The molecule has 0 aromatic carbocycles. The molecular formula is C15H31N3OS2. The van der Waals surface area contributed by atoms with Gasteiger partial charge in [0.2, 0.25) is 0 Å². The highest BCUT2D eigenvalue weighted by Gasteiger charge is 2.24. The van der Waals surface area contributed by atoms with Gasteiger partial charge in [-0.1, -0.05) is 0 Å². The van der Waals surface area contributed by atoms with Gasteiger partial charge in [-0.25, -0.2) is 0 Å². The Balaban J connectivity index is 2.45. The molecule has 0 heterocycles. The summed E-state index contributed by atoms with van der Waals surface area (Å²) in [7, 11) is -0.835. The molecule has 124 valence electrons. The summed E-state index contributed by atoms with van der Waals surface area (Å²) in [5, 5.41) is 7.58. The van der Waals surface area contributed by atoms with E-state index in [1.165, 1.54) is 19.3 Å². The van der Waals surface area contributed by atoms with E-state index < -0.39 is 10.8 Å². The Labute approximate surface area is 136 Å². The van der Waals surface area contributed by atoms with Crippen LogP contribution in [0.15, 0.2) is 4.99 Å². The first-order chi connectivity index (χ1) is 9.86. The first kappa shape index (κ1) is 18.8. The minimum absolute atomic E-state index is 0.154. The van der Waals surface area contributed by atoms with Crippen LogP contribution in [0.25, 0.3) is 0 Å². The molecule has 3 unspecified atom stereocenters. The molecule has 0 aromatic rings. The summed E-state index contributed by atoms with van der Waals surface area (Å²) in [4.78, 5) is 4.58. The van der Waals surface area contributed by atoms with Crippen LogP contribution in [0.3, 0.4) is 0 Å². The second kappa shape index (κ2) is 9.03. The Morgan fingerprint density at radius 3 is 2.62 bits per heavy atom. The van der Waals surface area contributed by atoms with Gasteiger partial charge in [0.25, 0.3) is 0 Å². The van der Waals surface area contributed by atoms with Gasteiger partial charge in [0.15, 0.2) is 5.96 Å². The predicted octanol–water partition coefficient (Wildman–Crippen LogP) is 2.37. The lowest BCUT2D eigenvalue weighted by atomic mass is 10.2. The second-order valence-electron chi connectivity index (χ2n) is 6.43. The summed E-state index contributed by atoms with van der Waals surface area (Å²) in [6, 6.07) is 0.522. The molecule has 1 rings (SSSR count). The van der Waals surface area contributed by atoms with E-state index in [1.54, 1.807) is 0 Å². The van der Waals surface area contributed by atoms with Crippen molar-refractivity contribution >= 4 is 28.5 Å². The predicted molar refractivity (Wildman–Crippen MR) is 96.8 cm³/mol. The van der Waals surface area contributed by atoms with Crippen molar-refractivity contribution in [3.63, 3.8) is 0 Å². The molecule has 0 aliphatic heterocycles. The lowest BCUT2D eigenvalue weighted by Gasteiger charge is -2.19. The van der Waals surface area contributed by atoms with Crippen LogP contribution >= 0.6 is 11.8 Å². The Hall–Kier alpha value is -0.230. The third-order valence-corrected chi connectivity index (χ3v) is 6.65. The quantitative estimate of drug-likeness (QED) is 0.579. The molecule has 0 saturated heterocycles. The molecule has 0 amide bonds. The number of hydrogen-bond acceptors (Lipinski definition) is 3. The maximum atomic E-state index is 12.0. The number of rotatable bonds is 6. The molecule has 6 heteroatoms. The van der Waals surface area contributed by atoms with Gasteiger partial charge in [-0.2, -0.15) is 11.8 Å². The average molecular weight is 334 g/mol. The van der Waals surface area contributed by atoms with Gasteiger partial charge in [0.1, 0.15) is 0 Å². The van der Waals surface area contributed by atoms with Crippen LogP contribution in [-0.2, 0) is 10.8 Å². The number of hydrogen-bond donors (Lipinski definition) is 2. The largest absolute Gasteiger partial charge is 0.357 e. The maximum Gasteiger partial charge on any atom is 0.191 e. The van der Waals surface area contributed by atoms with Crippen molar-refractivity contribution in [2.45, 2.75) is 63.0 Å². The molecular weight excluding hydrogens is 302 g/mol. The average Bonchev–Trinajstić information content (AvgIpc) is 2.85. The number of nitrogens with one attached hydrogen (secondary N) is 2. The normalized spacial score (nSPS) is 24.9. The zero-order chi connectivity index (χ0) is 15.9. The van der Waals surface area contributed by atoms with E-state index in [9.17, 15) is 4.21 Å². The number of aliphatic imine (C=N–C) groups is 1. The van der Waals surface area contributed by atoms with Crippen LogP contribution in [-0.4, -0.2) is 51.3 Å². The van der Waals surface area contributed by atoms with Crippen molar-refractivity contribution in [1.82, 2.24) is 10.6 Å². The van der Waals surface area contributed by atoms with E-state index in [4.69, 9.17) is 0 Å². The summed E-state index contributed by atoms with van der Waals surface area (Å²) < 4.78 is 11.9. The molecule has 2 N–H and O–H groups in total. The van der Waals surface area contributed by atoms with Gasteiger partial charge >= 0.3 is 0 Å². The van der Waals surface area contributed by atoms with Crippen molar-refractivity contribution in [2.75, 3.05) is 25.1 Å². The number of thioether (sulfide) groups is 1. The topological polar surface area (TPSA) is 53.5 Å². The van der Waals surface area contributed by atoms with Gasteiger partial charge in [-0.15, -0.1) is 0 Å². The molecule has 0 bridgehead atoms. The zero-order valence-electron chi connectivity index (χ0n) is 14.1. The fourth-order valence-electron chi connectivity index (χ4n) is 2.35. The van der Waals surface area contributed by atoms with E-state index in [0.29, 0.717) is 18.3 Å². The molecule has 3 atom stereocenters. The highest BCUT2D eigenvalue weighted by Crippen LogP contribution is 2.27. The van der Waals surface area contributed by atoms with Crippen molar-refractivity contribution in [3.05, 3.63) is 0 Å². The Morgan fingerprint density at radius 2 is 2.10 bits per heavy atom. The molecule has 1 aliphatic rings. The molecule has 1 aliphatic carbocycles. The third-order valence-electron chi connectivity index (χ3n) is 3.63. The minimum atomic E-state index is -0.835. The van der Waals surface area contributed by atoms with Crippen LogP contribution in [0.5, 0.6) is 0 Å². The van der Waals surface area contributed by atoms with Crippen LogP contribution in [0, 0.1) is 0 Å². The van der Waals surface area contributed by atoms with Crippen molar-refractivity contribution in [1.29, 1.82) is 0 Å². The molecule has 1 saturated carbocycles. The molecule has 21 heavy (non-hydrogen) atoms. The summed E-state index contributed by atoms with van der Waals surface area (Å²) in [5.74, 6) is 1.49. The van der Waals surface area contributed by atoms with E-state index in [-0.39, 0.29) is 4.75 Å². The van der Waals surface area contributed by atoms with Crippen molar-refractivity contribution in [2.24, 2.45) is 4.99 Å². The molecule has 4 nitrogen and oxygen atoms in total. The van der Waals surface area contributed by atoms with Gasteiger partial charge in [0.05, 0.1) is 6.54 Å². The fraction of sp³-hybridized carbons (Fsp3) is 0.933. The zero-order valence-corrected chi connectivity index (χ0v) is 15.7. The van der Waals surface area contributed by atoms with Crippen LogP contribution < -0.4 is 10.6 Å². The van der Waals surface area contributed by atoms with Gasteiger partial charge in [-0.05, 0) is 53.2 Å². The Morgan fingerprint density at radius 1 is 1.38 bits per heavy atom. The first-order valence-corrected chi connectivity index (χ1v) is 10.4. The first-order valence-electron chi connectivity index (χ1n) is 7.83. The highest BCUT2D eigenvalue weighted by atomic mass is 32.2. The lowest BCUT2D eigenvalue weighted by molar-refractivity contribution is 0.615. The summed E-state index contributed by atoms with van der Waals surface area (Å²) in [6.07, 6.45) is 5.89. The molecule has 0 spiro atoms. The maximum absolute atomic E-state index is 12.0. The smallest absolute Gasteiger partial charge is 0.191 e. The van der Waals surface area contributed by atoms with Crippen LogP contribution in [0.4, 0.5) is 0 Å². The van der Waals surface area contributed by atoms with Gasteiger partial charge < -0.3 is 10.6 Å². The van der Waals surface area contributed by atoms with E-state index in [0.717, 1.165) is 17.8 Å². The lowest BCUT2D eigenvalue weighted by Crippen LogP contribution is -2.42. The fourth-order valence-corrected chi connectivity index (χ4v) is 4.01. The van der Waals surface area contributed by atoms with Gasteiger partial charge in [0, 0.05) is 39.1 Å². The summed E-state index contributed by atoms with van der Waals surface area (Å²) in [6.45, 7) is 9.57. The summed E-state index contributed by atoms with van der Waals surface area (Å²) >= 11 is 1.96. The van der Waals surface area contributed by atoms with E-state index >= 15 is 0 Å². The van der Waals surface area contributed by atoms with Gasteiger partial charge in [-0.3, -0.25) is 9.20 Å². The standard InChI is InChI=1S/C15H31N3OS2/c1-6-16-14(17-9-10-21(19)15(2,3)4)18-12-7-8-13(11-12)20-5/h12-13H,6-11H2,1-5H3,(H2,16,17,18).